The van der Waals surface area contributed by atoms with Gasteiger partial charge in [0.15, 0.2) is 11.5 Å². The zero-order valence-electron chi connectivity index (χ0n) is 17.8. The molecule has 8 heteroatoms. The van der Waals surface area contributed by atoms with Gasteiger partial charge in [0.1, 0.15) is 11.8 Å². The molecule has 2 unspecified atom stereocenters. The van der Waals surface area contributed by atoms with Crippen molar-refractivity contribution < 1.29 is 9.63 Å². The largest absolute Gasteiger partial charge is 0.294 e. The van der Waals surface area contributed by atoms with Gasteiger partial charge in [-0.2, -0.15) is 15.5 Å². The van der Waals surface area contributed by atoms with Crippen LogP contribution in [0.3, 0.4) is 0 Å². The third kappa shape index (κ3) is 4.67. The van der Waals surface area contributed by atoms with E-state index in [-0.39, 0.29) is 23.3 Å². The molecule has 1 aliphatic carbocycles. The maximum Gasteiger partial charge on any atom is 0.187 e. The zero-order chi connectivity index (χ0) is 21.8. The number of carbonyl (C=O) groups is 1. The number of rotatable bonds is 7. The molecule has 0 bridgehead atoms. The Balaban J connectivity index is 1.40. The van der Waals surface area contributed by atoms with Crippen LogP contribution in [-0.2, 0) is 11.9 Å². The van der Waals surface area contributed by atoms with E-state index in [9.17, 15) is 4.79 Å². The molecule has 31 heavy (non-hydrogen) atoms. The fraction of sp³-hybridized carbons (Fsp3) is 0.391. The van der Waals surface area contributed by atoms with E-state index >= 15 is 0 Å². The van der Waals surface area contributed by atoms with Gasteiger partial charge in [-0.05, 0) is 31.7 Å². The van der Waals surface area contributed by atoms with Gasteiger partial charge in [-0.3, -0.25) is 24.9 Å². The van der Waals surface area contributed by atoms with Gasteiger partial charge in [0, 0.05) is 29.8 Å². The topological polar surface area (TPSA) is 109 Å². The summed E-state index contributed by atoms with van der Waals surface area (Å²) in [4.78, 5) is 18.9. The average Bonchev–Trinajstić information content (AvgIpc) is 3.38. The van der Waals surface area contributed by atoms with Crippen molar-refractivity contribution >= 4 is 11.5 Å². The number of aromatic amines is 1. The summed E-state index contributed by atoms with van der Waals surface area (Å²) < 4.78 is 1.56. The first-order chi connectivity index (χ1) is 15.0. The van der Waals surface area contributed by atoms with Crippen LogP contribution in [0.15, 0.2) is 36.5 Å². The van der Waals surface area contributed by atoms with E-state index in [0.717, 1.165) is 48.2 Å². The molecule has 8 nitrogen and oxygen atoms in total. The van der Waals surface area contributed by atoms with Crippen LogP contribution in [0.1, 0.15) is 47.4 Å². The number of carbonyl (C=O) groups excluding carboxylic acids is 1. The minimum Gasteiger partial charge on any atom is -0.294 e. The summed E-state index contributed by atoms with van der Waals surface area (Å²) in [5.41, 5.74) is 7.23. The van der Waals surface area contributed by atoms with E-state index in [0.29, 0.717) is 12.3 Å². The van der Waals surface area contributed by atoms with Gasteiger partial charge in [-0.15, -0.1) is 0 Å². The van der Waals surface area contributed by atoms with Crippen molar-refractivity contribution in [2.75, 3.05) is 12.1 Å². The fourth-order valence-corrected chi connectivity index (χ4v) is 4.21. The number of anilines is 1. The smallest absolute Gasteiger partial charge is 0.187 e. The number of aryl methyl sites for hydroxylation is 2. The molecule has 2 aromatic heterocycles. The van der Waals surface area contributed by atoms with E-state index < -0.39 is 0 Å². The number of H-pyrrole nitrogens is 1. The lowest BCUT2D eigenvalue weighted by atomic mass is 9.76. The third-order valence-electron chi connectivity index (χ3n) is 5.83. The van der Waals surface area contributed by atoms with Gasteiger partial charge >= 0.3 is 0 Å². The second-order valence-corrected chi connectivity index (χ2v) is 8.12. The molecule has 0 amide bonds. The van der Waals surface area contributed by atoms with Gasteiger partial charge in [0.05, 0.1) is 18.5 Å². The van der Waals surface area contributed by atoms with Crippen LogP contribution in [0.25, 0.3) is 11.3 Å². The van der Waals surface area contributed by atoms with Crippen LogP contribution in [0, 0.1) is 30.1 Å². The van der Waals surface area contributed by atoms with Crippen molar-refractivity contribution in [2.24, 2.45) is 18.9 Å². The zero-order valence-corrected chi connectivity index (χ0v) is 17.8. The Bertz CT molecular complexity index is 1090. The summed E-state index contributed by atoms with van der Waals surface area (Å²) in [7, 11) is 1.75. The standard InChI is InChI=1S/C23H26N6O2/c1-15-11-20(26-25-15)16-7-9-17(10-8-16)23(30)19-6-4-3-5-18(19)14-31-28-22-13-29(2)27-21(22)12-24/h7-11,13,18-19,28H,3-6,14H2,1-2H3,(H,25,26). The highest BCUT2D eigenvalue weighted by Crippen LogP contribution is 2.33. The Kier molecular flexibility index (Phi) is 6.14. The number of nitrogens with zero attached hydrogens (tertiary/aromatic N) is 4. The van der Waals surface area contributed by atoms with E-state index in [1.165, 1.54) is 0 Å². The van der Waals surface area contributed by atoms with E-state index in [1.54, 1.807) is 17.9 Å². The second-order valence-electron chi connectivity index (χ2n) is 8.12. The molecular weight excluding hydrogens is 392 g/mol. The molecule has 2 atom stereocenters. The van der Waals surface area contributed by atoms with E-state index in [1.807, 2.05) is 43.3 Å². The Hall–Kier alpha value is -3.44. The number of Topliss-reactive ketones (excluding diaryl/α,β-unsaturated/α-hetero) is 1. The predicted molar refractivity (Wildman–Crippen MR) is 116 cm³/mol. The number of hydrogen-bond donors (Lipinski definition) is 2. The Morgan fingerprint density at radius 2 is 2.10 bits per heavy atom. The highest BCUT2D eigenvalue weighted by atomic mass is 16.6. The maximum atomic E-state index is 13.2. The molecule has 0 radical (unpaired) electrons. The summed E-state index contributed by atoms with van der Waals surface area (Å²) in [6, 6.07) is 11.7. The van der Waals surface area contributed by atoms with Crippen molar-refractivity contribution in [3.8, 4) is 17.3 Å². The predicted octanol–water partition coefficient (Wildman–Crippen LogP) is 4.02. The number of nitrogens with one attached hydrogen (secondary N) is 2. The van der Waals surface area contributed by atoms with Crippen LogP contribution >= 0.6 is 0 Å². The fourth-order valence-electron chi connectivity index (χ4n) is 4.21. The summed E-state index contributed by atoms with van der Waals surface area (Å²) >= 11 is 0. The van der Waals surface area contributed by atoms with Crippen molar-refractivity contribution in [1.82, 2.24) is 20.0 Å². The van der Waals surface area contributed by atoms with Crippen LogP contribution in [-0.4, -0.2) is 32.4 Å². The monoisotopic (exact) mass is 418 g/mol. The lowest BCUT2D eigenvalue weighted by molar-refractivity contribution is 0.0649. The average molecular weight is 419 g/mol. The molecule has 1 fully saturated rings. The van der Waals surface area contributed by atoms with Gasteiger partial charge in [0.25, 0.3) is 0 Å². The minimum atomic E-state index is -0.0710. The number of benzene rings is 1. The molecule has 0 spiro atoms. The minimum absolute atomic E-state index is 0.0710. The first kappa shape index (κ1) is 20.8. The molecule has 160 valence electrons. The quantitative estimate of drug-likeness (QED) is 0.443. The molecule has 1 aliphatic rings. The summed E-state index contributed by atoms with van der Waals surface area (Å²) in [5, 5.41) is 20.4. The number of ketones is 1. The molecule has 1 saturated carbocycles. The first-order valence-electron chi connectivity index (χ1n) is 10.5. The summed E-state index contributed by atoms with van der Waals surface area (Å²) in [6.07, 6.45) is 5.65. The molecule has 2 N–H and O–H groups in total. The molecular formula is C23H26N6O2. The molecule has 0 aliphatic heterocycles. The highest BCUT2D eigenvalue weighted by Gasteiger charge is 2.32. The van der Waals surface area contributed by atoms with Crippen molar-refractivity contribution in [1.29, 1.82) is 5.26 Å². The van der Waals surface area contributed by atoms with Crippen LogP contribution in [0.5, 0.6) is 0 Å². The first-order valence-corrected chi connectivity index (χ1v) is 10.5. The van der Waals surface area contributed by atoms with Gasteiger partial charge in [-0.25, -0.2) is 0 Å². The molecule has 2 heterocycles. The van der Waals surface area contributed by atoms with Crippen LogP contribution in [0.2, 0.25) is 0 Å². The SMILES string of the molecule is Cc1cc(-c2ccc(C(=O)C3CCCCC3CONc3cn(C)nc3C#N)cc2)n[nH]1. The van der Waals surface area contributed by atoms with Crippen molar-refractivity contribution in [3.05, 3.63) is 53.5 Å². The Labute approximate surface area is 181 Å². The van der Waals surface area contributed by atoms with Crippen LogP contribution < -0.4 is 5.48 Å². The van der Waals surface area contributed by atoms with Crippen molar-refractivity contribution in [3.63, 3.8) is 0 Å². The molecule has 1 aromatic carbocycles. The highest BCUT2D eigenvalue weighted by molar-refractivity contribution is 5.98. The van der Waals surface area contributed by atoms with Gasteiger partial charge in [0.2, 0.25) is 0 Å². The molecule has 3 aromatic rings. The number of hydrogen-bond acceptors (Lipinski definition) is 6. The van der Waals surface area contributed by atoms with Gasteiger partial charge < -0.3 is 0 Å². The summed E-state index contributed by atoms with van der Waals surface area (Å²) in [6.45, 7) is 2.37. The second kappa shape index (κ2) is 9.14. The molecule has 0 saturated heterocycles. The lowest BCUT2D eigenvalue weighted by Crippen LogP contribution is -2.31. The van der Waals surface area contributed by atoms with Crippen molar-refractivity contribution in [2.45, 2.75) is 32.6 Å². The number of nitriles is 1. The van der Waals surface area contributed by atoms with E-state index in [2.05, 4.69) is 20.8 Å². The number of aromatic nitrogens is 4. The maximum absolute atomic E-state index is 13.2. The van der Waals surface area contributed by atoms with E-state index in [4.69, 9.17) is 10.1 Å². The Morgan fingerprint density at radius 1 is 1.32 bits per heavy atom. The van der Waals surface area contributed by atoms with Crippen LogP contribution in [0.4, 0.5) is 5.69 Å². The molecule has 4 rings (SSSR count). The normalized spacial score (nSPS) is 18.5. The Morgan fingerprint density at radius 3 is 2.81 bits per heavy atom. The lowest BCUT2D eigenvalue weighted by Gasteiger charge is -2.30. The summed E-state index contributed by atoms with van der Waals surface area (Å²) in [5.74, 6) is 0.222. The third-order valence-corrected chi connectivity index (χ3v) is 5.83. The van der Waals surface area contributed by atoms with Gasteiger partial charge in [-0.1, -0.05) is 37.1 Å².